The summed E-state index contributed by atoms with van der Waals surface area (Å²) >= 11 is 6.10. The van der Waals surface area contributed by atoms with Gasteiger partial charge >= 0.3 is 0 Å². The van der Waals surface area contributed by atoms with Crippen molar-refractivity contribution in [3.8, 4) is 5.75 Å². The predicted octanol–water partition coefficient (Wildman–Crippen LogP) is 2.45. The van der Waals surface area contributed by atoms with Crippen LogP contribution >= 0.6 is 11.6 Å². The number of rotatable bonds is 8. The Labute approximate surface area is 188 Å². The van der Waals surface area contributed by atoms with Gasteiger partial charge in [-0.1, -0.05) is 41.9 Å². The Hall–Kier alpha value is -2.13. The van der Waals surface area contributed by atoms with Gasteiger partial charge in [0.25, 0.3) is 0 Å². The highest BCUT2D eigenvalue weighted by Gasteiger charge is 2.29. The molecule has 9 heteroatoms. The Morgan fingerprint density at radius 2 is 1.87 bits per heavy atom. The van der Waals surface area contributed by atoms with E-state index in [2.05, 4.69) is 14.9 Å². The minimum Gasteiger partial charge on any atom is -0.495 e. The molecule has 1 atom stereocenters. The fraction of sp³-hybridized carbons (Fsp3) is 0.409. The van der Waals surface area contributed by atoms with Crippen molar-refractivity contribution >= 4 is 27.5 Å². The van der Waals surface area contributed by atoms with Crippen molar-refractivity contribution in [2.75, 3.05) is 27.2 Å². The summed E-state index contributed by atoms with van der Waals surface area (Å²) < 4.78 is 33.7. The minimum absolute atomic E-state index is 0.0246. The van der Waals surface area contributed by atoms with Gasteiger partial charge in [0, 0.05) is 6.04 Å². The van der Waals surface area contributed by atoms with Crippen LogP contribution in [0.15, 0.2) is 53.4 Å². The first-order chi connectivity index (χ1) is 14.8. The van der Waals surface area contributed by atoms with E-state index in [-0.39, 0.29) is 28.3 Å². The fourth-order valence-corrected chi connectivity index (χ4v) is 5.11. The van der Waals surface area contributed by atoms with Gasteiger partial charge in [0.15, 0.2) is 0 Å². The Kier molecular flexibility index (Phi) is 7.94. The van der Waals surface area contributed by atoms with Gasteiger partial charge in [0.05, 0.1) is 17.0 Å². The van der Waals surface area contributed by atoms with Gasteiger partial charge in [0.1, 0.15) is 11.8 Å². The number of likely N-dealkylation sites (tertiary alicyclic amines) is 1. The third-order valence-electron chi connectivity index (χ3n) is 5.40. The smallest absolute Gasteiger partial charge is 0.241 e. The SMILES string of the molecule is COc1ccc(S(=O)(=O)N[C@@H](Cc2ccccc2)C(=O)NC2CCN(C)CC2)cc1Cl. The van der Waals surface area contributed by atoms with Crippen LogP contribution in [0.3, 0.4) is 0 Å². The molecule has 1 saturated heterocycles. The zero-order valence-electron chi connectivity index (χ0n) is 17.7. The van der Waals surface area contributed by atoms with Crippen LogP contribution < -0.4 is 14.8 Å². The van der Waals surface area contributed by atoms with E-state index < -0.39 is 16.1 Å². The molecule has 1 heterocycles. The maximum absolute atomic E-state index is 13.1. The number of sulfonamides is 1. The number of ether oxygens (including phenoxy) is 1. The van der Waals surface area contributed by atoms with Crippen molar-refractivity contribution in [1.82, 2.24) is 14.9 Å². The van der Waals surface area contributed by atoms with Gasteiger partial charge in [-0.2, -0.15) is 4.72 Å². The van der Waals surface area contributed by atoms with E-state index in [4.69, 9.17) is 16.3 Å². The number of benzene rings is 2. The number of piperidine rings is 1. The Balaban J connectivity index is 1.79. The van der Waals surface area contributed by atoms with E-state index in [1.165, 1.54) is 25.3 Å². The molecule has 0 bridgehead atoms. The third kappa shape index (κ3) is 6.43. The molecular weight excluding hydrogens is 438 g/mol. The topological polar surface area (TPSA) is 87.7 Å². The highest BCUT2D eigenvalue weighted by Crippen LogP contribution is 2.27. The average molecular weight is 466 g/mol. The van der Waals surface area contributed by atoms with Crippen molar-refractivity contribution < 1.29 is 17.9 Å². The van der Waals surface area contributed by atoms with Gasteiger partial charge < -0.3 is 15.0 Å². The van der Waals surface area contributed by atoms with Crippen LogP contribution in [0, 0.1) is 0 Å². The lowest BCUT2D eigenvalue weighted by Crippen LogP contribution is -2.52. The second-order valence-corrected chi connectivity index (χ2v) is 9.87. The summed E-state index contributed by atoms with van der Waals surface area (Å²) in [5.74, 6) is 0.0445. The maximum atomic E-state index is 13.1. The fourth-order valence-electron chi connectivity index (χ4n) is 3.56. The lowest BCUT2D eigenvalue weighted by Gasteiger charge is -2.30. The largest absolute Gasteiger partial charge is 0.495 e. The highest BCUT2D eigenvalue weighted by molar-refractivity contribution is 7.89. The third-order valence-corrected chi connectivity index (χ3v) is 7.16. The Morgan fingerprint density at radius 1 is 1.19 bits per heavy atom. The van der Waals surface area contributed by atoms with Gasteiger partial charge in [0.2, 0.25) is 15.9 Å². The number of amides is 1. The number of hydrogen-bond acceptors (Lipinski definition) is 5. The molecule has 0 saturated carbocycles. The van der Waals surface area contributed by atoms with Crippen molar-refractivity contribution in [2.45, 2.75) is 36.2 Å². The maximum Gasteiger partial charge on any atom is 0.241 e. The molecule has 1 amide bonds. The molecule has 0 aromatic heterocycles. The molecular formula is C22H28ClN3O4S. The molecule has 1 fully saturated rings. The predicted molar refractivity (Wildman–Crippen MR) is 121 cm³/mol. The molecule has 31 heavy (non-hydrogen) atoms. The van der Waals surface area contributed by atoms with Crippen LogP contribution in [-0.2, 0) is 21.2 Å². The van der Waals surface area contributed by atoms with Gasteiger partial charge in [-0.25, -0.2) is 8.42 Å². The van der Waals surface area contributed by atoms with Crippen molar-refractivity contribution in [3.05, 3.63) is 59.1 Å². The van der Waals surface area contributed by atoms with E-state index in [0.29, 0.717) is 5.75 Å². The Morgan fingerprint density at radius 3 is 2.48 bits per heavy atom. The zero-order chi connectivity index (χ0) is 22.4. The minimum atomic E-state index is -3.98. The van der Waals surface area contributed by atoms with Crippen LogP contribution in [0.4, 0.5) is 0 Å². The summed E-state index contributed by atoms with van der Waals surface area (Å²) in [6, 6.07) is 12.6. The number of nitrogens with one attached hydrogen (secondary N) is 2. The standard InChI is InChI=1S/C22H28ClN3O4S/c1-26-12-10-17(11-13-26)24-22(27)20(14-16-6-4-3-5-7-16)25-31(28,29)18-8-9-21(30-2)19(23)15-18/h3-9,15,17,20,25H,10-14H2,1-2H3,(H,24,27)/t20-/m0/s1. The van der Waals surface area contributed by atoms with Gasteiger partial charge in [-0.05, 0) is 63.2 Å². The number of methoxy groups -OCH3 is 1. The zero-order valence-corrected chi connectivity index (χ0v) is 19.2. The summed E-state index contributed by atoms with van der Waals surface area (Å²) in [5.41, 5.74) is 0.862. The molecule has 0 spiro atoms. The number of nitrogens with zero attached hydrogens (tertiary/aromatic N) is 1. The van der Waals surface area contributed by atoms with Crippen LogP contribution in [0.5, 0.6) is 5.75 Å². The number of carbonyl (C=O) groups is 1. The summed E-state index contributed by atoms with van der Waals surface area (Å²) in [6.45, 7) is 1.79. The van der Waals surface area contributed by atoms with E-state index >= 15 is 0 Å². The molecule has 168 valence electrons. The number of carbonyl (C=O) groups excluding carboxylic acids is 1. The van der Waals surface area contributed by atoms with E-state index in [0.717, 1.165) is 31.5 Å². The summed E-state index contributed by atoms with van der Waals surface area (Å²) in [7, 11) is -0.480. The summed E-state index contributed by atoms with van der Waals surface area (Å²) in [4.78, 5) is 15.3. The molecule has 7 nitrogen and oxygen atoms in total. The second kappa shape index (κ2) is 10.5. The van der Waals surface area contributed by atoms with Crippen molar-refractivity contribution in [2.24, 2.45) is 0 Å². The molecule has 1 aliphatic rings. The lowest BCUT2D eigenvalue weighted by atomic mass is 10.0. The molecule has 0 unspecified atom stereocenters. The first-order valence-corrected chi connectivity index (χ1v) is 12.0. The van der Waals surface area contributed by atoms with E-state index in [9.17, 15) is 13.2 Å². The average Bonchev–Trinajstić information content (AvgIpc) is 2.75. The van der Waals surface area contributed by atoms with Crippen LogP contribution in [0.2, 0.25) is 5.02 Å². The monoisotopic (exact) mass is 465 g/mol. The van der Waals surface area contributed by atoms with Crippen LogP contribution in [0.25, 0.3) is 0 Å². The molecule has 2 N–H and O–H groups in total. The molecule has 2 aromatic rings. The molecule has 0 radical (unpaired) electrons. The normalized spacial score (nSPS) is 16.6. The van der Waals surface area contributed by atoms with Crippen molar-refractivity contribution in [1.29, 1.82) is 0 Å². The quantitative estimate of drug-likeness (QED) is 0.625. The summed E-state index contributed by atoms with van der Waals surface area (Å²) in [5, 5.41) is 3.21. The Bertz CT molecular complexity index is 993. The summed E-state index contributed by atoms with van der Waals surface area (Å²) in [6.07, 6.45) is 1.91. The van der Waals surface area contributed by atoms with E-state index in [1.807, 2.05) is 37.4 Å². The first-order valence-electron chi connectivity index (χ1n) is 10.2. The van der Waals surface area contributed by atoms with Gasteiger partial charge in [-0.3, -0.25) is 4.79 Å². The first kappa shape index (κ1) is 23.5. The van der Waals surface area contributed by atoms with Crippen molar-refractivity contribution in [3.63, 3.8) is 0 Å². The van der Waals surface area contributed by atoms with Crippen LogP contribution in [-0.4, -0.2) is 58.6 Å². The number of hydrogen-bond donors (Lipinski definition) is 2. The second-order valence-electron chi connectivity index (χ2n) is 7.75. The molecule has 0 aliphatic carbocycles. The van der Waals surface area contributed by atoms with Crippen LogP contribution in [0.1, 0.15) is 18.4 Å². The van der Waals surface area contributed by atoms with E-state index in [1.54, 1.807) is 0 Å². The lowest BCUT2D eigenvalue weighted by molar-refractivity contribution is -0.123. The molecule has 1 aliphatic heterocycles. The number of halogens is 1. The molecule has 3 rings (SSSR count). The molecule has 2 aromatic carbocycles. The highest BCUT2D eigenvalue weighted by atomic mass is 35.5. The van der Waals surface area contributed by atoms with Gasteiger partial charge in [-0.15, -0.1) is 0 Å².